The molecule has 150 valence electrons. The molecule has 6 heteroatoms. The first-order valence-corrected chi connectivity index (χ1v) is 10.1. The highest BCUT2D eigenvalue weighted by atomic mass is 35.5. The van der Waals surface area contributed by atoms with E-state index in [0.29, 0.717) is 15.7 Å². The quantitative estimate of drug-likeness (QED) is 0.570. The maximum atomic E-state index is 12.6. The van der Waals surface area contributed by atoms with Crippen LogP contribution < -0.4 is 5.73 Å². The Hall–Kier alpha value is -1.91. The van der Waals surface area contributed by atoms with Crippen molar-refractivity contribution in [1.82, 2.24) is 4.90 Å². The number of hydrogen-bond acceptors (Lipinski definition) is 3. The molecule has 0 saturated heterocycles. The molecular weight excluding hydrogens is 395 g/mol. The smallest absolute Gasteiger partial charge is 0.410 e. The second-order valence-corrected chi connectivity index (χ2v) is 9.11. The predicted molar refractivity (Wildman–Crippen MR) is 115 cm³/mol. The number of carbonyl (C=O) groups is 1. The van der Waals surface area contributed by atoms with Crippen LogP contribution in [0, 0.1) is 0 Å². The molecule has 0 aromatic heterocycles. The molecule has 0 bridgehead atoms. The van der Waals surface area contributed by atoms with Crippen molar-refractivity contribution in [3.8, 4) is 0 Å². The van der Waals surface area contributed by atoms with Crippen LogP contribution in [0.2, 0.25) is 10.0 Å². The number of fused-ring (bicyclic) bond motifs is 1. The highest BCUT2D eigenvalue weighted by molar-refractivity contribution is 6.42. The molecule has 1 aliphatic carbocycles. The average Bonchev–Trinajstić information content (AvgIpc) is 2.61. The second kappa shape index (κ2) is 7.84. The molecule has 1 amide bonds. The summed E-state index contributed by atoms with van der Waals surface area (Å²) in [5.41, 5.74) is 9.53. The first-order chi connectivity index (χ1) is 13.1. The molecule has 2 N–H and O–H groups in total. The maximum absolute atomic E-state index is 12.6. The third kappa shape index (κ3) is 4.39. The molecule has 0 radical (unpaired) electrons. The topological polar surface area (TPSA) is 55.6 Å². The summed E-state index contributed by atoms with van der Waals surface area (Å²) in [6.45, 7) is 5.60. The Bertz CT molecular complexity index is 893. The van der Waals surface area contributed by atoms with Gasteiger partial charge in [0.1, 0.15) is 5.60 Å². The summed E-state index contributed by atoms with van der Waals surface area (Å²) in [7, 11) is 1.78. The van der Waals surface area contributed by atoms with E-state index < -0.39 is 5.60 Å². The van der Waals surface area contributed by atoms with Crippen molar-refractivity contribution in [3.63, 3.8) is 0 Å². The van der Waals surface area contributed by atoms with Gasteiger partial charge in [0.15, 0.2) is 0 Å². The van der Waals surface area contributed by atoms with Gasteiger partial charge in [-0.1, -0.05) is 35.3 Å². The maximum Gasteiger partial charge on any atom is 0.410 e. The fraction of sp³-hybridized carbons (Fsp3) is 0.409. The van der Waals surface area contributed by atoms with Gasteiger partial charge in [-0.3, -0.25) is 0 Å². The van der Waals surface area contributed by atoms with Crippen molar-refractivity contribution in [1.29, 1.82) is 0 Å². The lowest BCUT2D eigenvalue weighted by Gasteiger charge is -2.37. The van der Waals surface area contributed by atoms with Crippen molar-refractivity contribution in [3.05, 3.63) is 63.1 Å². The molecule has 0 spiro atoms. The van der Waals surface area contributed by atoms with E-state index in [-0.39, 0.29) is 18.1 Å². The number of carbonyl (C=O) groups excluding carboxylic acids is 1. The summed E-state index contributed by atoms with van der Waals surface area (Å²) >= 11 is 12.3. The van der Waals surface area contributed by atoms with Crippen LogP contribution in [0.3, 0.4) is 0 Å². The van der Waals surface area contributed by atoms with E-state index in [1.165, 1.54) is 0 Å². The molecular formula is C22H26Cl2N2O2. The van der Waals surface area contributed by atoms with Gasteiger partial charge in [-0.2, -0.15) is 0 Å². The summed E-state index contributed by atoms with van der Waals surface area (Å²) in [5, 5.41) is 1.09. The zero-order valence-corrected chi connectivity index (χ0v) is 18.1. The number of nitrogens with two attached hydrogens (primary N) is 1. The van der Waals surface area contributed by atoms with Crippen LogP contribution in [-0.4, -0.2) is 23.6 Å². The van der Waals surface area contributed by atoms with E-state index in [1.54, 1.807) is 11.9 Å². The zero-order valence-electron chi connectivity index (χ0n) is 16.6. The van der Waals surface area contributed by atoms with Gasteiger partial charge in [0.25, 0.3) is 0 Å². The normalized spacial score (nSPS) is 19.1. The predicted octanol–water partition coefficient (Wildman–Crippen LogP) is 6.41. The van der Waals surface area contributed by atoms with Gasteiger partial charge < -0.3 is 15.4 Å². The fourth-order valence-electron chi connectivity index (χ4n) is 3.77. The molecule has 2 aromatic rings. The van der Waals surface area contributed by atoms with Gasteiger partial charge in [0, 0.05) is 18.7 Å². The van der Waals surface area contributed by atoms with E-state index in [2.05, 4.69) is 0 Å². The summed E-state index contributed by atoms with van der Waals surface area (Å²) < 4.78 is 5.56. The van der Waals surface area contributed by atoms with Crippen LogP contribution in [-0.2, 0) is 4.74 Å². The lowest BCUT2D eigenvalue weighted by Crippen LogP contribution is -2.38. The molecule has 0 fully saturated rings. The first-order valence-electron chi connectivity index (χ1n) is 9.37. The van der Waals surface area contributed by atoms with Crippen molar-refractivity contribution in [2.24, 2.45) is 0 Å². The zero-order chi connectivity index (χ0) is 20.6. The van der Waals surface area contributed by atoms with E-state index in [9.17, 15) is 4.79 Å². The molecule has 2 aromatic carbocycles. The third-order valence-electron chi connectivity index (χ3n) is 5.07. The Labute approximate surface area is 176 Å². The van der Waals surface area contributed by atoms with Crippen LogP contribution >= 0.6 is 23.2 Å². The first kappa shape index (κ1) is 20.8. The minimum Gasteiger partial charge on any atom is -0.444 e. The molecule has 4 nitrogen and oxygen atoms in total. The van der Waals surface area contributed by atoms with Gasteiger partial charge in [0.2, 0.25) is 0 Å². The van der Waals surface area contributed by atoms with Gasteiger partial charge in [-0.15, -0.1) is 0 Å². The standard InChI is InChI=1S/C22H26Cl2N2O2/c1-22(2,3)28-21(27)26(4)20-10-8-15(13-5-9-18(23)19(24)11-13)16-7-6-14(25)12-17(16)20/h5-7,9,11-12,15,20H,8,10,25H2,1-4H3. The second-order valence-electron chi connectivity index (χ2n) is 8.30. The van der Waals surface area contributed by atoms with Crippen molar-refractivity contribution >= 4 is 35.0 Å². The molecule has 0 heterocycles. The number of nitrogens with zero attached hydrogens (tertiary/aromatic N) is 1. The Kier molecular flexibility index (Phi) is 5.83. The number of ether oxygens (including phenoxy) is 1. The van der Waals surface area contributed by atoms with Gasteiger partial charge in [-0.25, -0.2) is 4.79 Å². The van der Waals surface area contributed by atoms with Crippen molar-refractivity contribution in [2.45, 2.75) is 51.2 Å². The number of benzene rings is 2. The number of nitrogen functional groups attached to an aromatic ring is 1. The number of anilines is 1. The van der Waals surface area contributed by atoms with Crippen LogP contribution in [0.15, 0.2) is 36.4 Å². The van der Waals surface area contributed by atoms with Gasteiger partial charge >= 0.3 is 6.09 Å². The Balaban J connectivity index is 1.97. The highest BCUT2D eigenvalue weighted by Crippen LogP contribution is 2.45. The molecule has 2 atom stereocenters. The summed E-state index contributed by atoms with van der Waals surface area (Å²) in [5.74, 6) is 0.175. The van der Waals surface area contributed by atoms with E-state index in [1.807, 2.05) is 57.2 Å². The number of amides is 1. The average molecular weight is 421 g/mol. The summed E-state index contributed by atoms with van der Waals surface area (Å²) in [6.07, 6.45) is 1.35. The highest BCUT2D eigenvalue weighted by Gasteiger charge is 2.34. The molecule has 28 heavy (non-hydrogen) atoms. The lowest BCUT2D eigenvalue weighted by atomic mass is 9.76. The monoisotopic (exact) mass is 420 g/mol. The summed E-state index contributed by atoms with van der Waals surface area (Å²) in [4.78, 5) is 14.3. The van der Waals surface area contributed by atoms with Crippen LogP contribution in [0.4, 0.5) is 10.5 Å². The van der Waals surface area contributed by atoms with Crippen LogP contribution in [0.5, 0.6) is 0 Å². The molecule has 2 unspecified atom stereocenters. The van der Waals surface area contributed by atoms with Gasteiger partial charge in [0.05, 0.1) is 16.1 Å². The number of rotatable bonds is 2. The molecule has 0 saturated carbocycles. The lowest BCUT2D eigenvalue weighted by molar-refractivity contribution is 0.0202. The van der Waals surface area contributed by atoms with Crippen molar-refractivity contribution in [2.75, 3.05) is 12.8 Å². The Morgan fingerprint density at radius 2 is 1.79 bits per heavy atom. The van der Waals surface area contributed by atoms with Gasteiger partial charge in [-0.05, 0) is 74.6 Å². The molecule has 0 aliphatic heterocycles. The molecule has 3 rings (SSSR count). The number of hydrogen-bond donors (Lipinski definition) is 1. The van der Waals surface area contributed by atoms with Crippen molar-refractivity contribution < 1.29 is 9.53 Å². The summed E-state index contributed by atoms with van der Waals surface area (Å²) in [6, 6.07) is 11.6. The Morgan fingerprint density at radius 1 is 1.07 bits per heavy atom. The van der Waals surface area contributed by atoms with Crippen LogP contribution in [0.25, 0.3) is 0 Å². The van der Waals surface area contributed by atoms with Crippen LogP contribution in [0.1, 0.15) is 62.3 Å². The van der Waals surface area contributed by atoms with E-state index in [4.69, 9.17) is 33.7 Å². The minimum absolute atomic E-state index is 0.0904. The SMILES string of the molecule is CN(C(=O)OC(C)(C)C)C1CCC(c2ccc(Cl)c(Cl)c2)c2ccc(N)cc21. The Morgan fingerprint density at radius 3 is 2.43 bits per heavy atom. The minimum atomic E-state index is -0.541. The number of halogens is 2. The largest absolute Gasteiger partial charge is 0.444 e. The fourth-order valence-corrected chi connectivity index (χ4v) is 4.08. The van der Waals surface area contributed by atoms with E-state index in [0.717, 1.165) is 29.5 Å². The third-order valence-corrected chi connectivity index (χ3v) is 5.81. The molecule has 1 aliphatic rings. The van der Waals surface area contributed by atoms with E-state index >= 15 is 0 Å².